The summed E-state index contributed by atoms with van der Waals surface area (Å²) in [5, 5.41) is 0. The van der Waals surface area contributed by atoms with E-state index < -0.39 is 0 Å². The summed E-state index contributed by atoms with van der Waals surface area (Å²) >= 11 is 0. The largest absolute Gasteiger partial charge is 0.493 e. The van der Waals surface area contributed by atoms with Crippen molar-refractivity contribution in [2.45, 2.75) is 77.6 Å². The SMILES string of the molecule is CCC.CCCc1ccc(C2CCC(c3ccc4c(c3)OCC4)C2)cc1. The predicted octanol–water partition coefficient (Wildman–Crippen LogP) is 7.04. The van der Waals surface area contributed by atoms with E-state index in [1.54, 1.807) is 0 Å². The van der Waals surface area contributed by atoms with Crippen molar-refractivity contribution in [3.05, 3.63) is 64.7 Å². The molecule has 4 rings (SSSR count). The van der Waals surface area contributed by atoms with Gasteiger partial charge >= 0.3 is 0 Å². The van der Waals surface area contributed by atoms with E-state index in [0.717, 1.165) is 24.7 Å². The second-order valence-electron chi connectivity index (χ2n) is 7.87. The number of ether oxygens (including phenoxy) is 1. The Bertz CT molecular complexity index is 686. The molecule has 0 saturated heterocycles. The number of benzene rings is 2. The number of fused-ring (bicyclic) bond motifs is 1. The molecule has 2 aromatic rings. The average molecular weight is 351 g/mol. The van der Waals surface area contributed by atoms with Crippen molar-refractivity contribution in [2.75, 3.05) is 6.61 Å². The van der Waals surface area contributed by atoms with Crippen molar-refractivity contribution in [3.8, 4) is 5.75 Å². The maximum atomic E-state index is 5.75. The third-order valence-corrected chi connectivity index (χ3v) is 5.61. The van der Waals surface area contributed by atoms with Gasteiger partial charge in [-0.15, -0.1) is 0 Å². The first kappa shape index (κ1) is 19.0. The van der Waals surface area contributed by atoms with Gasteiger partial charge in [0.25, 0.3) is 0 Å². The molecule has 1 fully saturated rings. The Morgan fingerprint density at radius 3 is 2.23 bits per heavy atom. The molecular formula is C25H34O. The number of rotatable bonds is 4. The maximum absolute atomic E-state index is 5.75. The molecule has 2 unspecified atom stereocenters. The van der Waals surface area contributed by atoms with Gasteiger partial charge in [0.15, 0.2) is 0 Å². The molecule has 0 bridgehead atoms. The summed E-state index contributed by atoms with van der Waals surface area (Å²) in [6.07, 6.45) is 8.66. The van der Waals surface area contributed by atoms with Gasteiger partial charge in [0, 0.05) is 6.42 Å². The van der Waals surface area contributed by atoms with Crippen LogP contribution in [0, 0.1) is 0 Å². The molecule has 140 valence electrons. The highest BCUT2D eigenvalue weighted by Crippen LogP contribution is 2.44. The first-order valence-corrected chi connectivity index (χ1v) is 10.6. The smallest absolute Gasteiger partial charge is 0.122 e. The first-order chi connectivity index (χ1) is 12.7. The van der Waals surface area contributed by atoms with Gasteiger partial charge in [-0.25, -0.2) is 0 Å². The monoisotopic (exact) mass is 350 g/mol. The van der Waals surface area contributed by atoms with Crippen LogP contribution in [0.15, 0.2) is 42.5 Å². The minimum Gasteiger partial charge on any atom is -0.493 e. The van der Waals surface area contributed by atoms with E-state index in [0.29, 0.717) is 5.92 Å². The van der Waals surface area contributed by atoms with Gasteiger partial charge in [0.1, 0.15) is 5.75 Å². The van der Waals surface area contributed by atoms with Crippen LogP contribution in [0.1, 0.15) is 87.0 Å². The Hall–Kier alpha value is -1.76. The lowest BCUT2D eigenvalue weighted by Gasteiger charge is -2.14. The number of aryl methyl sites for hydroxylation is 1. The quantitative estimate of drug-likeness (QED) is 0.574. The van der Waals surface area contributed by atoms with E-state index in [9.17, 15) is 0 Å². The first-order valence-electron chi connectivity index (χ1n) is 10.6. The summed E-state index contributed by atoms with van der Waals surface area (Å²) in [5.74, 6) is 2.56. The van der Waals surface area contributed by atoms with Crippen LogP contribution >= 0.6 is 0 Å². The van der Waals surface area contributed by atoms with E-state index in [-0.39, 0.29) is 0 Å². The van der Waals surface area contributed by atoms with E-state index in [4.69, 9.17) is 4.74 Å². The molecule has 0 N–H and O–H groups in total. The highest BCUT2D eigenvalue weighted by molar-refractivity contribution is 5.42. The van der Waals surface area contributed by atoms with Gasteiger partial charge in [-0.3, -0.25) is 0 Å². The van der Waals surface area contributed by atoms with Crippen LogP contribution in [0.5, 0.6) is 5.75 Å². The Morgan fingerprint density at radius 2 is 1.54 bits per heavy atom. The lowest BCUT2D eigenvalue weighted by Crippen LogP contribution is -1.96. The fraction of sp³-hybridized carbons (Fsp3) is 0.520. The summed E-state index contributed by atoms with van der Waals surface area (Å²) in [7, 11) is 0. The molecule has 0 radical (unpaired) electrons. The zero-order valence-electron chi connectivity index (χ0n) is 16.8. The summed E-state index contributed by atoms with van der Waals surface area (Å²) in [4.78, 5) is 0. The summed E-state index contributed by atoms with van der Waals surface area (Å²) in [5.41, 5.74) is 5.87. The fourth-order valence-corrected chi connectivity index (χ4v) is 4.27. The lowest BCUT2D eigenvalue weighted by molar-refractivity contribution is 0.356. The Kier molecular flexibility index (Phi) is 6.77. The fourth-order valence-electron chi connectivity index (χ4n) is 4.27. The van der Waals surface area contributed by atoms with Crippen molar-refractivity contribution in [2.24, 2.45) is 0 Å². The Morgan fingerprint density at radius 1 is 0.885 bits per heavy atom. The van der Waals surface area contributed by atoms with Crippen molar-refractivity contribution in [3.63, 3.8) is 0 Å². The van der Waals surface area contributed by atoms with Gasteiger partial charge in [-0.05, 0) is 65.8 Å². The average Bonchev–Trinajstić information content (AvgIpc) is 3.32. The lowest BCUT2D eigenvalue weighted by atomic mass is 9.92. The molecule has 1 saturated carbocycles. The van der Waals surface area contributed by atoms with Gasteiger partial charge in [0.05, 0.1) is 6.61 Å². The molecule has 1 aliphatic carbocycles. The standard InChI is InChI=1S/C22H26O.C3H8/c1-2-3-16-4-6-17(7-5-16)19-10-11-20(14-19)21-9-8-18-12-13-23-22(18)15-21;1-3-2/h4-9,15,19-20H,2-3,10-14H2,1H3;3H2,1-2H3. The van der Waals surface area contributed by atoms with Gasteiger partial charge < -0.3 is 4.74 Å². The Labute approximate surface area is 159 Å². The minimum absolute atomic E-state index is 0.699. The molecule has 1 heterocycles. The summed E-state index contributed by atoms with van der Waals surface area (Å²) in [6, 6.07) is 16.3. The van der Waals surface area contributed by atoms with Crippen molar-refractivity contribution in [1.29, 1.82) is 0 Å². The zero-order chi connectivity index (χ0) is 18.4. The van der Waals surface area contributed by atoms with E-state index in [2.05, 4.69) is 63.2 Å². The topological polar surface area (TPSA) is 9.23 Å². The number of hydrogen-bond donors (Lipinski definition) is 0. The van der Waals surface area contributed by atoms with E-state index >= 15 is 0 Å². The van der Waals surface area contributed by atoms with Crippen LogP contribution in [0.3, 0.4) is 0 Å². The van der Waals surface area contributed by atoms with Crippen molar-refractivity contribution in [1.82, 2.24) is 0 Å². The summed E-state index contributed by atoms with van der Waals surface area (Å²) < 4.78 is 5.75. The molecule has 2 aromatic carbocycles. The molecule has 0 amide bonds. The molecular weight excluding hydrogens is 316 g/mol. The zero-order valence-corrected chi connectivity index (χ0v) is 16.8. The predicted molar refractivity (Wildman–Crippen MR) is 111 cm³/mol. The Balaban J connectivity index is 0.000000613. The van der Waals surface area contributed by atoms with Gasteiger partial charge in [-0.2, -0.15) is 0 Å². The second kappa shape index (κ2) is 9.26. The molecule has 26 heavy (non-hydrogen) atoms. The van der Waals surface area contributed by atoms with Gasteiger partial charge in [-0.1, -0.05) is 70.0 Å². The van der Waals surface area contributed by atoms with Crippen LogP contribution in [-0.2, 0) is 12.8 Å². The second-order valence-corrected chi connectivity index (χ2v) is 7.87. The third-order valence-electron chi connectivity index (χ3n) is 5.61. The van der Waals surface area contributed by atoms with Crippen LogP contribution in [-0.4, -0.2) is 6.61 Å². The third kappa shape index (κ3) is 4.50. The van der Waals surface area contributed by atoms with Crippen LogP contribution in [0.25, 0.3) is 0 Å². The molecule has 1 heteroatoms. The number of hydrogen-bond acceptors (Lipinski definition) is 1. The molecule has 0 spiro atoms. The van der Waals surface area contributed by atoms with E-state index in [1.807, 2.05) is 0 Å². The summed E-state index contributed by atoms with van der Waals surface area (Å²) in [6.45, 7) is 7.35. The molecule has 2 aliphatic rings. The normalized spacial score (nSPS) is 20.9. The van der Waals surface area contributed by atoms with Crippen molar-refractivity contribution >= 4 is 0 Å². The molecule has 1 nitrogen and oxygen atoms in total. The minimum atomic E-state index is 0.699. The molecule has 0 aromatic heterocycles. The maximum Gasteiger partial charge on any atom is 0.122 e. The molecule has 2 atom stereocenters. The van der Waals surface area contributed by atoms with Gasteiger partial charge in [0.2, 0.25) is 0 Å². The van der Waals surface area contributed by atoms with E-state index in [1.165, 1.54) is 60.8 Å². The highest BCUT2D eigenvalue weighted by atomic mass is 16.5. The van der Waals surface area contributed by atoms with Crippen LogP contribution in [0.2, 0.25) is 0 Å². The highest BCUT2D eigenvalue weighted by Gasteiger charge is 2.28. The van der Waals surface area contributed by atoms with Crippen LogP contribution < -0.4 is 4.74 Å². The molecule has 1 aliphatic heterocycles. The van der Waals surface area contributed by atoms with Crippen molar-refractivity contribution < 1.29 is 4.74 Å². The van der Waals surface area contributed by atoms with Crippen LogP contribution in [0.4, 0.5) is 0 Å².